The van der Waals surface area contributed by atoms with Gasteiger partial charge in [0.25, 0.3) is 5.56 Å². The molecular formula is C17H27N5O2. The highest BCUT2D eigenvalue weighted by Crippen LogP contribution is 2.16. The number of nitrogens with zero attached hydrogens (tertiary/aromatic N) is 4. The lowest BCUT2D eigenvalue weighted by molar-refractivity contribution is 0.00126. The van der Waals surface area contributed by atoms with Gasteiger partial charge in [-0.3, -0.25) is 14.4 Å². The van der Waals surface area contributed by atoms with E-state index in [0.717, 1.165) is 39.0 Å². The van der Waals surface area contributed by atoms with Crippen LogP contribution in [0.4, 0.5) is 0 Å². The first-order valence-electron chi connectivity index (χ1n) is 8.78. The van der Waals surface area contributed by atoms with Crippen LogP contribution in [-0.2, 0) is 18.3 Å². The summed E-state index contributed by atoms with van der Waals surface area (Å²) in [5.41, 5.74) is 0.524. The molecule has 3 rings (SSSR count). The van der Waals surface area contributed by atoms with Gasteiger partial charge in [-0.2, -0.15) is 5.10 Å². The van der Waals surface area contributed by atoms with Gasteiger partial charge in [-0.25, -0.2) is 4.98 Å². The molecule has 1 saturated heterocycles. The fourth-order valence-electron chi connectivity index (χ4n) is 3.07. The number of rotatable bonds is 6. The molecule has 3 heterocycles. The molecular weight excluding hydrogens is 306 g/mol. The Labute approximate surface area is 142 Å². The van der Waals surface area contributed by atoms with E-state index in [-0.39, 0.29) is 5.56 Å². The number of aromatic amines is 1. The van der Waals surface area contributed by atoms with Gasteiger partial charge in [0.15, 0.2) is 5.65 Å². The number of hydrogen-bond donors (Lipinski definition) is 1. The van der Waals surface area contributed by atoms with Gasteiger partial charge >= 0.3 is 0 Å². The normalized spacial score (nSPS) is 17.2. The van der Waals surface area contributed by atoms with E-state index >= 15 is 0 Å². The molecule has 0 aliphatic carbocycles. The second-order valence-electron chi connectivity index (χ2n) is 7.05. The molecule has 1 aliphatic heterocycles. The number of H-pyrrole nitrogens is 1. The Kier molecular flexibility index (Phi) is 5.30. The quantitative estimate of drug-likeness (QED) is 0.870. The standard InChI is InChI=1S/C17H27N5O2/c1-12(2)6-9-24-13-4-7-22(8-5-13)11-15-19-16-14(17(23)20-15)10-18-21(16)3/h10,12-13H,4-9,11H2,1-3H3,(H,19,20,23). The maximum absolute atomic E-state index is 12.1. The van der Waals surface area contributed by atoms with Crippen LogP contribution < -0.4 is 5.56 Å². The Hall–Kier alpha value is -1.73. The minimum atomic E-state index is -0.116. The van der Waals surface area contributed by atoms with Crippen molar-refractivity contribution < 1.29 is 4.74 Å². The number of piperidine rings is 1. The molecule has 0 radical (unpaired) electrons. The number of hydrogen-bond acceptors (Lipinski definition) is 5. The number of likely N-dealkylation sites (tertiary alicyclic amines) is 1. The van der Waals surface area contributed by atoms with Crippen LogP contribution in [0.25, 0.3) is 11.0 Å². The van der Waals surface area contributed by atoms with Gasteiger partial charge in [0.2, 0.25) is 0 Å². The van der Waals surface area contributed by atoms with Crippen molar-refractivity contribution >= 4 is 11.0 Å². The van der Waals surface area contributed by atoms with Crippen LogP contribution in [0.2, 0.25) is 0 Å². The van der Waals surface area contributed by atoms with Gasteiger partial charge < -0.3 is 9.72 Å². The summed E-state index contributed by atoms with van der Waals surface area (Å²) in [4.78, 5) is 21.8. The summed E-state index contributed by atoms with van der Waals surface area (Å²) in [6.45, 7) is 7.90. The molecule has 0 spiro atoms. The Morgan fingerprint density at radius 2 is 2.12 bits per heavy atom. The summed E-state index contributed by atoms with van der Waals surface area (Å²) in [5, 5.41) is 4.64. The number of ether oxygens (including phenoxy) is 1. The first-order chi connectivity index (χ1) is 11.5. The summed E-state index contributed by atoms with van der Waals surface area (Å²) >= 11 is 0. The van der Waals surface area contributed by atoms with Crippen LogP contribution in [0.3, 0.4) is 0 Å². The van der Waals surface area contributed by atoms with Gasteiger partial charge in [-0.1, -0.05) is 13.8 Å². The lowest BCUT2D eigenvalue weighted by Crippen LogP contribution is -2.37. The smallest absolute Gasteiger partial charge is 0.262 e. The van der Waals surface area contributed by atoms with E-state index in [1.54, 1.807) is 17.9 Å². The van der Waals surface area contributed by atoms with Gasteiger partial charge in [0, 0.05) is 26.7 Å². The molecule has 0 bridgehead atoms. The number of fused-ring (bicyclic) bond motifs is 1. The van der Waals surface area contributed by atoms with E-state index in [1.807, 2.05) is 0 Å². The summed E-state index contributed by atoms with van der Waals surface area (Å²) in [7, 11) is 1.80. The third-order valence-corrected chi connectivity index (χ3v) is 4.61. The predicted molar refractivity (Wildman–Crippen MR) is 92.8 cm³/mol. The van der Waals surface area contributed by atoms with Crippen molar-refractivity contribution in [3.63, 3.8) is 0 Å². The summed E-state index contributed by atoms with van der Waals surface area (Å²) in [5.74, 6) is 1.39. The number of aromatic nitrogens is 4. The zero-order valence-electron chi connectivity index (χ0n) is 14.8. The number of nitrogens with one attached hydrogen (secondary N) is 1. The van der Waals surface area contributed by atoms with E-state index in [1.165, 1.54) is 0 Å². The molecule has 0 atom stereocenters. The zero-order valence-corrected chi connectivity index (χ0v) is 14.8. The summed E-state index contributed by atoms with van der Waals surface area (Å²) < 4.78 is 7.60. The molecule has 7 heteroatoms. The topological polar surface area (TPSA) is 76.0 Å². The molecule has 2 aromatic heterocycles. The Bertz CT molecular complexity index is 728. The van der Waals surface area contributed by atoms with E-state index in [2.05, 4.69) is 33.8 Å². The predicted octanol–water partition coefficient (Wildman–Crippen LogP) is 1.68. The third-order valence-electron chi connectivity index (χ3n) is 4.61. The molecule has 132 valence electrons. The van der Waals surface area contributed by atoms with Crippen molar-refractivity contribution in [2.24, 2.45) is 13.0 Å². The van der Waals surface area contributed by atoms with Crippen molar-refractivity contribution in [3.05, 3.63) is 22.4 Å². The SMILES string of the molecule is CC(C)CCOC1CCN(Cc2nc3c(cnn3C)c(=O)[nH]2)CC1. The zero-order chi connectivity index (χ0) is 17.1. The fourth-order valence-corrected chi connectivity index (χ4v) is 3.07. The van der Waals surface area contributed by atoms with Crippen LogP contribution in [0.5, 0.6) is 0 Å². The molecule has 0 unspecified atom stereocenters. The molecule has 0 saturated carbocycles. The molecule has 24 heavy (non-hydrogen) atoms. The Balaban J connectivity index is 1.55. The molecule has 0 amide bonds. The van der Waals surface area contributed by atoms with Crippen LogP contribution in [0, 0.1) is 5.92 Å². The second kappa shape index (κ2) is 7.44. The van der Waals surface area contributed by atoms with Gasteiger partial charge in [0.1, 0.15) is 11.2 Å². The van der Waals surface area contributed by atoms with E-state index in [4.69, 9.17) is 4.74 Å². The molecule has 1 fully saturated rings. The fraction of sp³-hybridized carbons (Fsp3) is 0.706. The molecule has 1 N–H and O–H groups in total. The first-order valence-corrected chi connectivity index (χ1v) is 8.78. The minimum Gasteiger partial charge on any atom is -0.378 e. The molecule has 7 nitrogen and oxygen atoms in total. The molecule has 2 aromatic rings. The highest BCUT2D eigenvalue weighted by molar-refractivity contribution is 5.72. The van der Waals surface area contributed by atoms with Crippen molar-refractivity contribution in [1.29, 1.82) is 0 Å². The van der Waals surface area contributed by atoms with Crippen LogP contribution in [-0.4, -0.2) is 50.4 Å². The van der Waals surface area contributed by atoms with Crippen molar-refractivity contribution in [3.8, 4) is 0 Å². The minimum absolute atomic E-state index is 0.116. The third kappa shape index (κ3) is 4.02. The average molecular weight is 333 g/mol. The maximum Gasteiger partial charge on any atom is 0.262 e. The molecule has 0 aromatic carbocycles. The van der Waals surface area contributed by atoms with Gasteiger partial charge in [-0.15, -0.1) is 0 Å². The summed E-state index contributed by atoms with van der Waals surface area (Å²) in [6.07, 6.45) is 5.12. The second-order valence-corrected chi connectivity index (χ2v) is 7.05. The van der Waals surface area contributed by atoms with Crippen molar-refractivity contribution in [2.75, 3.05) is 19.7 Å². The maximum atomic E-state index is 12.1. The van der Waals surface area contributed by atoms with E-state index < -0.39 is 0 Å². The highest BCUT2D eigenvalue weighted by atomic mass is 16.5. The summed E-state index contributed by atoms with van der Waals surface area (Å²) in [6, 6.07) is 0. The van der Waals surface area contributed by atoms with Gasteiger partial charge in [-0.05, 0) is 25.2 Å². The van der Waals surface area contributed by atoms with Crippen LogP contribution in [0.15, 0.2) is 11.0 Å². The Morgan fingerprint density at radius 3 is 2.83 bits per heavy atom. The lowest BCUT2D eigenvalue weighted by atomic mass is 10.1. The highest BCUT2D eigenvalue weighted by Gasteiger charge is 2.20. The van der Waals surface area contributed by atoms with E-state index in [0.29, 0.717) is 35.4 Å². The molecule has 1 aliphatic rings. The van der Waals surface area contributed by atoms with Crippen LogP contribution in [0.1, 0.15) is 38.9 Å². The van der Waals surface area contributed by atoms with Crippen molar-refractivity contribution in [2.45, 2.75) is 45.8 Å². The number of aryl methyl sites for hydroxylation is 1. The Morgan fingerprint density at radius 1 is 1.38 bits per heavy atom. The van der Waals surface area contributed by atoms with Gasteiger partial charge in [0.05, 0.1) is 18.8 Å². The van der Waals surface area contributed by atoms with E-state index in [9.17, 15) is 4.79 Å². The first kappa shape index (κ1) is 17.1. The van der Waals surface area contributed by atoms with Crippen molar-refractivity contribution in [1.82, 2.24) is 24.6 Å². The monoisotopic (exact) mass is 333 g/mol. The van der Waals surface area contributed by atoms with Crippen LogP contribution >= 0.6 is 0 Å². The lowest BCUT2D eigenvalue weighted by Gasteiger charge is -2.31. The average Bonchev–Trinajstić information content (AvgIpc) is 2.91. The largest absolute Gasteiger partial charge is 0.378 e.